The fourth-order valence-electron chi connectivity index (χ4n) is 2.31. The van der Waals surface area contributed by atoms with E-state index < -0.39 is 15.9 Å². The van der Waals surface area contributed by atoms with Crippen molar-refractivity contribution in [2.24, 2.45) is 0 Å². The molecule has 2 aromatic carbocycles. The van der Waals surface area contributed by atoms with E-state index in [1.807, 2.05) is 16.9 Å². The maximum Gasteiger partial charge on any atom is 0.266 e. The summed E-state index contributed by atoms with van der Waals surface area (Å²) in [6.45, 7) is 0. The maximum absolute atomic E-state index is 12.4. The fraction of sp³-hybridized carbons (Fsp3) is 0.0625. The average molecular weight is 368 g/mol. The third-order valence-electron chi connectivity index (χ3n) is 3.46. The van der Waals surface area contributed by atoms with E-state index in [9.17, 15) is 13.2 Å². The Bertz CT molecular complexity index is 936. The Hall–Kier alpha value is -1.82. The van der Waals surface area contributed by atoms with E-state index in [-0.39, 0.29) is 15.5 Å². The standard InChI is InChI=1S/C16H11Cl2NO3S/c17-12-5-7-14(15(18)9-12)16(20)19-23(21,22)13-6-4-10-2-1-3-11(10)8-13/h1-2,4-9H,3H2,(H,19,20). The smallest absolute Gasteiger partial charge is 0.266 e. The van der Waals surface area contributed by atoms with Crippen LogP contribution in [0.2, 0.25) is 10.0 Å². The molecular weight excluding hydrogens is 357 g/mol. The van der Waals surface area contributed by atoms with Gasteiger partial charge in [0.2, 0.25) is 0 Å². The van der Waals surface area contributed by atoms with Crippen molar-refractivity contribution in [1.29, 1.82) is 0 Å². The zero-order valence-corrected chi connectivity index (χ0v) is 14.0. The van der Waals surface area contributed by atoms with Crippen LogP contribution in [0.25, 0.3) is 6.08 Å². The molecule has 0 bridgehead atoms. The second kappa shape index (κ2) is 6.00. The van der Waals surface area contributed by atoms with Crippen LogP contribution < -0.4 is 4.72 Å². The van der Waals surface area contributed by atoms with Gasteiger partial charge < -0.3 is 0 Å². The third kappa shape index (κ3) is 3.27. The molecule has 4 nitrogen and oxygen atoms in total. The lowest BCUT2D eigenvalue weighted by Gasteiger charge is -2.09. The molecule has 7 heteroatoms. The van der Waals surface area contributed by atoms with E-state index in [2.05, 4.69) is 0 Å². The number of allylic oxidation sites excluding steroid dienone is 1. The van der Waals surface area contributed by atoms with Crippen molar-refractivity contribution in [3.05, 3.63) is 69.2 Å². The predicted molar refractivity (Wildman–Crippen MR) is 90.3 cm³/mol. The van der Waals surface area contributed by atoms with Gasteiger partial charge in [0.25, 0.3) is 15.9 Å². The average Bonchev–Trinajstić information content (AvgIpc) is 2.93. The van der Waals surface area contributed by atoms with Crippen molar-refractivity contribution in [3.8, 4) is 0 Å². The number of fused-ring (bicyclic) bond motifs is 1. The zero-order valence-electron chi connectivity index (χ0n) is 11.7. The van der Waals surface area contributed by atoms with Crippen LogP contribution in [0.15, 0.2) is 47.4 Å². The van der Waals surface area contributed by atoms with Crippen molar-refractivity contribution in [2.45, 2.75) is 11.3 Å². The molecule has 0 saturated heterocycles. The number of benzene rings is 2. The number of carbonyl (C=O) groups excluding carboxylic acids is 1. The Labute approximate surface area is 143 Å². The van der Waals surface area contributed by atoms with Crippen molar-refractivity contribution in [2.75, 3.05) is 0 Å². The summed E-state index contributed by atoms with van der Waals surface area (Å²) in [5.41, 5.74) is 1.93. The molecule has 1 aliphatic rings. The molecule has 2 aromatic rings. The predicted octanol–water partition coefficient (Wildman–Crippen LogP) is 3.68. The largest absolute Gasteiger partial charge is 0.268 e. The minimum absolute atomic E-state index is 0.0402. The van der Waals surface area contributed by atoms with Gasteiger partial charge in [0.05, 0.1) is 15.5 Å². The highest BCUT2D eigenvalue weighted by Crippen LogP contribution is 2.24. The van der Waals surface area contributed by atoms with Gasteiger partial charge in [0, 0.05) is 5.02 Å². The quantitative estimate of drug-likeness (QED) is 0.899. The number of sulfonamides is 1. The third-order valence-corrected chi connectivity index (χ3v) is 5.34. The molecule has 23 heavy (non-hydrogen) atoms. The topological polar surface area (TPSA) is 63.2 Å². The summed E-state index contributed by atoms with van der Waals surface area (Å²) < 4.78 is 26.8. The molecule has 3 rings (SSSR count). The zero-order chi connectivity index (χ0) is 16.6. The van der Waals surface area contributed by atoms with E-state index in [1.54, 1.807) is 12.1 Å². The first-order valence-electron chi connectivity index (χ1n) is 6.68. The first-order valence-corrected chi connectivity index (χ1v) is 8.92. The van der Waals surface area contributed by atoms with Crippen molar-refractivity contribution >= 4 is 45.2 Å². The summed E-state index contributed by atoms with van der Waals surface area (Å²) in [5.74, 6) is -0.801. The number of nitrogens with one attached hydrogen (secondary N) is 1. The Morgan fingerprint density at radius 2 is 1.87 bits per heavy atom. The lowest BCUT2D eigenvalue weighted by atomic mass is 10.1. The monoisotopic (exact) mass is 367 g/mol. The molecule has 0 unspecified atom stereocenters. The van der Waals surface area contributed by atoms with Crippen LogP contribution in [0.3, 0.4) is 0 Å². The molecule has 0 heterocycles. The SMILES string of the molecule is O=C(NS(=O)(=O)c1ccc2c(c1)CC=C2)c1ccc(Cl)cc1Cl. The van der Waals surface area contributed by atoms with Crippen LogP contribution in [0, 0.1) is 0 Å². The molecule has 0 aromatic heterocycles. The van der Waals surface area contributed by atoms with Crippen LogP contribution >= 0.6 is 23.2 Å². The number of amides is 1. The molecular formula is C16H11Cl2NO3S. The number of carbonyl (C=O) groups is 1. The summed E-state index contributed by atoms with van der Waals surface area (Å²) in [7, 11) is -3.98. The van der Waals surface area contributed by atoms with Crippen molar-refractivity contribution in [3.63, 3.8) is 0 Å². The van der Waals surface area contributed by atoms with E-state index in [4.69, 9.17) is 23.2 Å². The van der Waals surface area contributed by atoms with Gasteiger partial charge in [-0.1, -0.05) is 41.4 Å². The number of hydrogen-bond acceptors (Lipinski definition) is 3. The fourth-order valence-corrected chi connectivity index (χ4v) is 3.82. The van der Waals surface area contributed by atoms with Crippen LogP contribution in [-0.4, -0.2) is 14.3 Å². The Morgan fingerprint density at radius 3 is 2.61 bits per heavy atom. The molecule has 118 valence electrons. The molecule has 0 fully saturated rings. The van der Waals surface area contributed by atoms with E-state index in [0.717, 1.165) is 11.1 Å². The molecule has 1 N–H and O–H groups in total. The van der Waals surface area contributed by atoms with Gasteiger partial charge in [-0.05, 0) is 47.9 Å². The summed E-state index contributed by atoms with van der Waals surface area (Å²) in [6.07, 6.45) is 4.56. The normalized spacial score (nSPS) is 13.0. The Morgan fingerprint density at radius 1 is 1.09 bits per heavy atom. The maximum atomic E-state index is 12.4. The first kappa shape index (κ1) is 16.1. The molecule has 0 spiro atoms. The molecule has 1 aliphatic carbocycles. The second-order valence-corrected chi connectivity index (χ2v) is 7.55. The van der Waals surface area contributed by atoms with Crippen LogP contribution in [-0.2, 0) is 16.4 Å². The van der Waals surface area contributed by atoms with Gasteiger partial charge in [-0.15, -0.1) is 0 Å². The van der Waals surface area contributed by atoms with Gasteiger partial charge in [-0.3, -0.25) is 4.79 Å². The van der Waals surface area contributed by atoms with Gasteiger partial charge in [0.1, 0.15) is 0 Å². The van der Waals surface area contributed by atoms with Crippen molar-refractivity contribution < 1.29 is 13.2 Å². The van der Waals surface area contributed by atoms with Gasteiger partial charge in [-0.25, -0.2) is 13.1 Å². The summed E-state index contributed by atoms with van der Waals surface area (Å²) >= 11 is 11.7. The molecule has 0 atom stereocenters. The van der Waals surface area contributed by atoms with E-state index in [0.29, 0.717) is 11.4 Å². The first-order chi connectivity index (χ1) is 10.9. The molecule has 1 amide bonds. The number of halogens is 2. The number of rotatable bonds is 3. The highest BCUT2D eigenvalue weighted by Gasteiger charge is 2.21. The minimum atomic E-state index is -3.98. The molecule has 0 saturated carbocycles. The Balaban J connectivity index is 1.87. The molecule has 0 radical (unpaired) electrons. The summed E-state index contributed by atoms with van der Waals surface area (Å²) in [4.78, 5) is 12.2. The van der Waals surface area contributed by atoms with Crippen LogP contribution in [0.5, 0.6) is 0 Å². The Kier molecular flexibility index (Phi) is 4.19. The minimum Gasteiger partial charge on any atom is -0.268 e. The van der Waals surface area contributed by atoms with Gasteiger partial charge >= 0.3 is 0 Å². The van der Waals surface area contributed by atoms with Crippen LogP contribution in [0.4, 0.5) is 0 Å². The lowest BCUT2D eigenvalue weighted by molar-refractivity contribution is 0.0981. The van der Waals surface area contributed by atoms with Gasteiger partial charge in [-0.2, -0.15) is 0 Å². The lowest BCUT2D eigenvalue weighted by Crippen LogP contribution is -2.30. The summed E-state index contributed by atoms with van der Waals surface area (Å²) in [5, 5.41) is 0.448. The van der Waals surface area contributed by atoms with Crippen molar-refractivity contribution in [1.82, 2.24) is 4.72 Å². The highest BCUT2D eigenvalue weighted by atomic mass is 35.5. The van der Waals surface area contributed by atoms with E-state index in [1.165, 1.54) is 24.3 Å². The van der Waals surface area contributed by atoms with E-state index >= 15 is 0 Å². The van der Waals surface area contributed by atoms with Crippen LogP contribution in [0.1, 0.15) is 21.5 Å². The molecule has 0 aliphatic heterocycles. The number of hydrogen-bond donors (Lipinski definition) is 1. The highest BCUT2D eigenvalue weighted by molar-refractivity contribution is 7.90. The second-order valence-electron chi connectivity index (χ2n) is 5.03. The van der Waals surface area contributed by atoms with Gasteiger partial charge in [0.15, 0.2) is 0 Å². The summed E-state index contributed by atoms with van der Waals surface area (Å²) in [6, 6.07) is 8.97.